The molecule has 0 unspecified atom stereocenters. The number of fused-ring (bicyclic) bond motifs is 8. The summed E-state index contributed by atoms with van der Waals surface area (Å²) in [6, 6.07) is 15.6. The van der Waals surface area contributed by atoms with E-state index < -0.39 is 17.3 Å². The van der Waals surface area contributed by atoms with Gasteiger partial charge in [-0.25, -0.2) is 9.97 Å². The first-order valence-corrected chi connectivity index (χ1v) is 11.9. The van der Waals surface area contributed by atoms with Gasteiger partial charge in [-0.05, 0) is 61.0 Å². The minimum Gasteiger partial charge on any atom is -0.268 e. The van der Waals surface area contributed by atoms with Gasteiger partial charge in [0.2, 0.25) is 0 Å². The molecule has 4 heterocycles. The highest BCUT2D eigenvalue weighted by Crippen LogP contribution is 2.39. The molecule has 10 heteroatoms. The smallest absolute Gasteiger partial charge is 0.268 e. The van der Waals surface area contributed by atoms with E-state index >= 15 is 0 Å². The fourth-order valence-electron chi connectivity index (χ4n) is 5.86. The van der Waals surface area contributed by atoms with Crippen molar-refractivity contribution in [2.75, 3.05) is 0 Å². The Bertz CT molecular complexity index is 2560. The Balaban J connectivity index is 1.65. The first-order valence-electron chi connectivity index (χ1n) is 11.9. The van der Waals surface area contributed by atoms with Crippen LogP contribution in [0.2, 0.25) is 0 Å². The lowest BCUT2D eigenvalue weighted by atomic mass is 9.93. The molecule has 0 radical (unpaired) electrons. The van der Waals surface area contributed by atoms with E-state index in [-0.39, 0.29) is 38.6 Å². The minimum absolute atomic E-state index is 0.00212. The van der Waals surface area contributed by atoms with E-state index in [4.69, 9.17) is 4.98 Å². The number of aromatic nitrogens is 4. The monoisotopic (exact) mass is 519 g/mol. The maximum Gasteiger partial charge on any atom is 0.416 e. The van der Waals surface area contributed by atoms with Gasteiger partial charge in [0.05, 0.1) is 44.0 Å². The van der Waals surface area contributed by atoms with E-state index in [1.54, 1.807) is 12.1 Å². The molecular formula is C29H12F3N5O2. The third-order valence-corrected chi connectivity index (χ3v) is 7.53. The van der Waals surface area contributed by atoms with Crippen molar-refractivity contribution in [3.8, 4) is 6.07 Å². The molecule has 4 aromatic heterocycles. The quantitative estimate of drug-likeness (QED) is 0.245. The van der Waals surface area contributed by atoms with E-state index in [1.165, 1.54) is 20.9 Å². The van der Waals surface area contributed by atoms with Gasteiger partial charge in [-0.15, -0.1) is 0 Å². The summed E-state index contributed by atoms with van der Waals surface area (Å²) in [6.07, 6.45) is -4.58. The minimum atomic E-state index is -4.58. The van der Waals surface area contributed by atoms with Crippen molar-refractivity contribution in [2.45, 2.75) is 13.1 Å². The Labute approximate surface area is 214 Å². The molecule has 0 atom stereocenters. The van der Waals surface area contributed by atoms with Crippen molar-refractivity contribution in [2.24, 2.45) is 0 Å². The van der Waals surface area contributed by atoms with Gasteiger partial charge in [0.1, 0.15) is 17.4 Å². The number of hydrogen-bond donors (Lipinski definition) is 0. The van der Waals surface area contributed by atoms with Gasteiger partial charge in [-0.3, -0.25) is 18.4 Å². The highest BCUT2D eigenvalue weighted by Gasteiger charge is 2.31. The number of benzene rings is 4. The molecule has 0 aliphatic carbocycles. The number of halogens is 3. The Kier molecular flexibility index (Phi) is 3.77. The molecule has 7 nitrogen and oxygen atoms in total. The predicted octanol–water partition coefficient (Wildman–Crippen LogP) is 5.54. The van der Waals surface area contributed by atoms with Gasteiger partial charge in [-0.2, -0.15) is 18.4 Å². The molecule has 8 aromatic rings. The number of nitrogens with zero attached hydrogens (tertiary/aromatic N) is 5. The van der Waals surface area contributed by atoms with Crippen molar-refractivity contribution in [3.63, 3.8) is 0 Å². The van der Waals surface area contributed by atoms with E-state index in [0.29, 0.717) is 38.2 Å². The molecular weight excluding hydrogens is 507 g/mol. The summed E-state index contributed by atoms with van der Waals surface area (Å²) in [5.41, 5.74) is 1.10. The van der Waals surface area contributed by atoms with Crippen LogP contribution in [0.15, 0.2) is 64.2 Å². The number of alkyl halides is 3. The van der Waals surface area contributed by atoms with Crippen LogP contribution >= 0.6 is 0 Å². The molecule has 0 saturated heterocycles. The van der Waals surface area contributed by atoms with Crippen LogP contribution in [0, 0.1) is 18.3 Å². The van der Waals surface area contributed by atoms with Crippen molar-refractivity contribution in [1.29, 1.82) is 5.26 Å². The lowest BCUT2D eigenvalue weighted by molar-refractivity contribution is -0.137. The molecule has 0 N–H and O–H groups in total. The molecule has 0 aliphatic rings. The lowest BCUT2D eigenvalue weighted by Crippen LogP contribution is -2.18. The van der Waals surface area contributed by atoms with Crippen molar-refractivity contribution in [3.05, 3.63) is 92.0 Å². The summed E-state index contributed by atoms with van der Waals surface area (Å²) in [5, 5.41) is 12.3. The number of pyridine rings is 2. The molecule has 4 aromatic carbocycles. The van der Waals surface area contributed by atoms with Gasteiger partial charge in [0, 0.05) is 21.5 Å². The molecule has 186 valence electrons. The zero-order valence-electron chi connectivity index (χ0n) is 19.9. The standard InChI is InChI=1S/C29H12F3N5O2/c1-12-2-6-18-21(8-12)37-25(34-18)15-4-5-16-24-22(13(11-33)9-17(23(15)24)27(37)38)28(39)36-20-7-3-14(29(30,31)32)10-19(20)35-26(16)36/h2-10H,1H3. The second-order valence-electron chi connectivity index (χ2n) is 9.71. The van der Waals surface area contributed by atoms with E-state index in [9.17, 15) is 28.0 Å². The van der Waals surface area contributed by atoms with Crippen molar-refractivity contribution < 1.29 is 13.2 Å². The van der Waals surface area contributed by atoms with Crippen LogP contribution in [0.5, 0.6) is 0 Å². The van der Waals surface area contributed by atoms with Gasteiger partial charge in [-0.1, -0.05) is 6.07 Å². The largest absolute Gasteiger partial charge is 0.416 e. The number of hydrogen-bond acceptors (Lipinski definition) is 5. The third kappa shape index (κ3) is 2.56. The van der Waals surface area contributed by atoms with Crippen LogP contribution in [0.1, 0.15) is 16.7 Å². The Morgan fingerprint density at radius 3 is 2.15 bits per heavy atom. The van der Waals surface area contributed by atoms with Gasteiger partial charge < -0.3 is 0 Å². The fourth-order valence-corrected chi connectivity index (χ4v) is 5.86. The second kappa shape index (κ2) is 6.76. The SMILES string of the molecule is Cc1ccc2nc3c4ccc5c6c(c(C#N)cc(c(=O)n3c2c1)c46)c(=O)n1c2ccc(C(F)(F)F)cc2nc51. The van der Waals surface area contributed by atoms with Gasteiger partial charge >= 0.3 is 6.18 Å². The van der Waals surface area contributed by atoms with Crippen LogP contribution in [0.4, 0.5) is 13.2 Å². The topological polar surface area (TPSA) is 92.5 Å². The van der Waals surface area contributed by atoms with Gasteiger partial charge in [0.15, 0.2) is 0 Å². The lowest BCUT2D eigenvalue weighted by Gasteiger charge is -2.13. The maximum absolute atomic E-state index is 13.9. The first kappa shape index (κ1) is 21.8. The highest BCUT2D eigenvalue weighted by atomic mass is 19.4. The average Bonchev–Trinajstić information content (AvgIpc) is 3.48. The van der Waals surface area contributed by atoms with Gasteiger partial charge in [0.25, 0.3) is 11.1 Å². The molecule has 0 spiro atoms. The van der Waals surface area contributed by atoms with Crippen molar-refractivity contribution in [1.82, 2.24) is 18.8 Å². The summed E-state index contributed by atoms with van der Waals surface area (Å²) in [7, 11) is 0. The average molecular weight is 519 g/mol. The fraction of sp³-hybridized carbons (Fsp3) is 0.0690. The second-order valence-corrected chi connectivity index (χ2v) is 9.71. The van der Waals surface area contributed by atoms with Crippen molar-refractivity contribution >= 4 is 65.7 Å². The summed E-state index contributed by atoms with van der Waals surface area (Å²) in [4.78, 5) is 36.9. The first-order chi connectivity index (χ1) is 18.7. The zero-order valence-corrected chi connectivity index (χ0v) is 19.9. The number of imidazole rings is 2. The predicted molar refractivity (Wildman–Crippen MR) is 141 cm³/mol. The van der Waals surface area contributed by atoms with Crippen LogP contribution in [-0.4, -0.2) is 18.8 Å². The Morgan fingerprint density at radius 1 is 0.744 bits per heavy atom. The molecule has 0 fully saturated rings. The molecule has 8 rings (SSSR count). The molecule has 0 saturated carbocycles. The van der Waals surface area contributed by atoms with Crippen LogP contribution in [-0.2, 0) is 6.18 Å². The number of rotatable bonds is 0. The highest BCUT2D eigenvalue weighted by molar-refractivity contribution is 6.28. The Morgan fingerprint density at radius 2 is 1.44 bits per heavy atom. The molecule has 0 bridgehead atoms. The zero-order chi connectivity index (χ0) is 27.0. The maximum atomic E-state index is 13.9. The molecule has 39 heavy (non-hydrogen) atoms. The summed E-state index contributed by atoms with van der Waals surface area (Å²) < 4.78 is 42.9. The summed E-state index contributed by atoms with van der Waals surface area (Å²) in [6.45, 7) is 1.91. The third-order valence-electron chi connectivity index (χ3n) is 7.53. The summed E-state index contributed by atoms with van der Waals surface area (Å²) in [5.74, 6) is 0. The van der Waals surface area contributed by atoms with Crippen LogP contribution < -0.4 is 11.1 Å². The van der Waals surface area contributed by atoms with E-state index in [0.717, 1.165) is 17.7 Å². The van der Waals surface area contributed by atoms with Crippen LogP contribution in [0.3, 0.4) is 0 Å². The summed E-state index contributed by atoms with van der Waals surface area (Å²) >= 11 is 0. The van der Waals surface area contributed by atoms with E-state index in [1.807, 2.05) is 25.1 Å². The normalized spacial score (nSPS) is 12.8. The van der Waals surface area contributed by atoms with Crippen LogP contribution in [0.25, 0.3) is 65.7 Å². The molecule has 0 amide bonds. The Hall–Kier alpha value is -5.30. The number of aryl methyl sites for hydroxylation is 1. The van der Waals surface area contributed by atoms with E-state index in [2.05, 4.69) is 11.1 Å². The molecule has 0 aliphatic heterocycles. The number of nitriles is 1.